The van der Waals surface area contributed by atoms with E-state index in [0.29, 0.717) is 16.6 Å². The standard InChI is InChI=1S/C12H14ClN3O2S2/c1-2-20(17,18)10-11(14)16-19-12(10)15-7-8-4-3-5-9(13)6-8/h3-6,15H,2,7H2,1H3,(H2,14,16). The van der Waals surface area contributed by atoms with Gasteiger partial charge in [-0.1, -0.05) is 30.7 Å². The second-order valence-electron chi connectivity index (χ2n) is 4.11. The number of rotatable bonds is 5. The molecule has 1 heterocycles. The maximum Gasteiger partial charge on any atom is 0.184 e. The normalized spacial score (nSPS) is 11.5. The van der Waals surface area contributed by atoms with Crippen molar-refractivity contribution in [3.63, 3.8) is 0 Å². The molecular weight excluding hydrogens is 318 g/mol. The molecule has 5 nitrogen and oxygen atoms in total. The molecule has 0 bridgehead atoms. The summed E-state index contributed by atoms with van der Waals surface area (Å²) in [5, 5.41) is 4.15. The lowest BCUT2D eigenvalue weighted by Crippen LogP contribution is -2.09. The average molecular weight is 332 g/mol. The van der Waals surface area contributed by atoms with Crippen LogP contribution >= 0.6 is 23.1 Å². The number of nitrogens with zero attached hydrogens (tertiary/aromatic N) is 1. The molecule has 0 aliphatic carbocycles. The Labute approximate surface area is 126 Å². The number of nitrogens with two attached hydrogens (primary N) is 1. The van der Waals surface area contributed by atoms with Crippen LogP contribution in [0.3, 0.4) is 0 Å². The Morgan fingerprint density at radius 2 is 2.20 bits per heavy atom. The van der Waals surface area contributed by atoms with Gasteiger partial charge in [0, 0.05) is 11.6 Å². The Balaban J connectivity index is 2.23. The monoisotopic (exact) mass is 331 g/mol. The fraction of sp³-hybridized carbons (Fsp3) is 0.250. The van der Waals surface area contributed by atoms with E-state index in [4.69, 9.17) is 17.3 Å². The van der Waals surface area contributed by atoms with Crippen molar-refractivity contribution in [2.45, 2.75) is 18.4 Å². The third-order valence-corrected chi connectivity index (χ3v) is 5.69. The van der Waals surface area contributed by atoms with Crippen molar-refractivity contribution in [2.75, 3.05) is 16.8 Å². The largest absolute Gasteiger partial charge is 0.382 e. The molecule has 0 aliphatic rings. The Morgan fingerprint density at radius 1 is 1.45 bits per heavy atom. The lowest BCUT2D eigenvalue weighted by atomic mass is 10.2. The highest BCUT2D eigenvalue weighted by molar-refractivity contribution is 7.91. The molecule has 0 unspecified atom stereocenters. The molecule has 20 heavy (non-hydrogen) atoms. The van der Waals surface area contributed by atoms with Gasteiger partial charge < -0.3 is 11.1 Å². The van der Waals surface area contributed by atoms with Crippen molar-refractivity contribution in [1.82, 2.24) is 4.37 Å². The van der Waals surface area contributed by atoms with Gasteiger partial charge in [0.15, 0.2) is 15.7 Å². The molecule has 2 aromatic rings. The van der Waals surface area contributed by atoms with Gasteiger partial charge in [-0.15, -0.1) is 0 Å². The van der Waals surface area contributed by atoms with E-state index >= 15 is 0 Å². The number of sulfone groups is 1. The van der Waals surface area contributed by atoms with Crippen LogP contribution < -0.4 is 11.1 Å². The second-order valence-corrected chi connectivity index (χ2v) is 7.54. The van der Waals surface area contributed by atoms with Crippen LogP contribution in [0, 0.1) is 0 Å². The summed E-state index contributed by atoms with van der Waals surface area (Å²) in [6.07, 6.45) is 0. The van der Waals surface area contributed by atoms with Crippen molar-refractivity contribution in [1.29, 1.82) is 0 Å². The van der Waals surface area contributed by atoms with E-state index in [9.17, 15) is 8.42 Å². The smallest absolute Gasteiger partial charge is 0.184 e. The van der Waals surface area contributed by atoms with Crippen molar-refractivity contribution in [3.8, 4) is 0 Å². The van der Waals surface area contributed by atoms with Gasteiger partial charge in [-0.05, 0) is 29.2 Å². The van der Waals surface area contributed by atoms with Crippen LogP contribution in [0.5, 0.6) is 0 Å². The van der Waals surface area contributed by atoms with Gasteiger partial charge in [0.05, 0.1) is 5.75 Å². The zero-order chi connectivity index (χ0) is 14.8. The molecule has 8 heteroatoms. The van der Waals surface area contributed by atoms with Crippen LogP contribution in [-0.4, -0.2) is 18.5 Å². The topological polar surface area (TPSA) is 85.1 Å². The Bertz CT molecular complexity index is 713. The third kappa shape index (κ3) is 3.23. The Hall–Kier alpha value is -1.31. The maximum atomic E-state index is 12.0. The number of hydrogen-bond acceptors (Lipinski definition) is 6. The molecule has 2 rings (SSSR count). The minimum atomic E-state index is -3.39. The van der Waals surface area contributed by atoms with Crippen molar-refractivity contribution in [2.24, 2.45) is 0 Å². The summed E-state index contributed by atoms with van der Waals surface area (Å²) >= 11 is 6.95. The first-order valence-electron chi connectivity index (χ1n) is 5.90. The Morgan fingerprint density at radius 3 is 2.85 bits per heavy atom. The molecule has 0 atom stereocenters. The fourth-order valence-corrected chi connectivity index (χ4v) is 4.06. The summed E-state index contributed by atoms with van der Waals surface area (Å²) in [5.74, 6) is 0.0343. The summed E-state index contributed by atoms with van der Waals surface area (Å²) in [6.45, 7) is 2.03. The molecule has 0 aliphatic heterocycles. The van der Waals surface area contributed by atoms with Gasteiger partial charge in [-0.2, -0.15) is 4.37 Å². The molecule has 108 valence electrons. The third-order valence-electron chi connectivity index (χ3n) is 2.71. The highest BCUT2D eigenvalue weighted by Crippen LogP contribution is 2.32. The van der Waals surface area contributed by atoms with E-state index in [-0.39, 0.29) is 16.5 Å². The number of nitrogen functional groups attached to an aromatic ring is 1. The van der Waals surface area contributed by atoms with E-state index in [1.54, 1.807) is 13.0 Å². The molecule has 1 aromatic heterocycles. The number of aromatic nitrogens is 1. The second kappa shape index (κ2) is 5.99. The number of nitrogens with one attached hydrogen (secondary N) is 1. The first-order valence-corrected chi connectivity index (χ1v) is 8.70. The van der Waals surface area contributed by atoms with E-state index in [1.165, 1.54) is 0 Å². The minimum absolute atomic E-state index is 0.0124. The van der Waals surface area contributed by atoms with Gasteiger partial charge in [0.2, 0.25) is 0 Å². The van der Waals surface area contributed by atoms with Crippen LogP contribution in [-0.2, 0) is 16.4 Å². The van der Waals surface area contributed by atoms with Gasteiger partial charge in [0.25, 0.3) is 0 Å². The van der Waals surface area contributed by atoms with Gasteiger partial charge >= 0.3 is 0 Å². The van der Waals surface area contributed by atoms with Gasteiger partial charge in [-0.3, -0.25) is 0 Å². The first kappa shape index (κ1) is 15.1. The van der Waals surface area contributed by atoms with Crippen LogP contribution in [0.1, 0.15) is 12.5 Å². The van der Waals surface area contributed by atoms with E-state index in [2.05, 4.69) is 9.69 Å². The van der Waals surface area contributed by atoms with Crippen LogP contribution in [0.4, 0.5) is 10.8 Å². The molecule has 0 amide bonds. The molecular formula is C12H14ClN3O2S2. The number of anilines is 2. The van der Waals surface area contributed by atoms with Crippen LogP contribution in [0.15, 0.2) is 29.2 Å². The van der Waals surface area contributed by atoms with Gasteiger partial charge in [-0.25, -0.2) is 8.42 Å². The summed E-state index contributed by atoms with van der Waals surface area (Å²) in [5.41, 5.74) is 6.60. The van der Waals surface area contributed by atoms with Crippen molar-refractivity contribution < 1.29 is 8.42 Å². The zero-order valence-electron chi connectivity index (χ0n) is 10.8. The summed E-state index contributed by atoms with van der Waals surface area (Å²) in [4.78, 5) is 0.0898. The van der Waals surface area contributed by atoms with Crippen LogP contribution in [0.2, 0.25) is 5.02 Å². The highest BCUT2D eigenvalue weighted by atomic mass is 35.5. The van der Waals surface area contributed by atoms with Crippen molar-refractivity contribution in [3.05, 3.63) is 34.9 Å². The fourth-order valence-electron chi connectivity index (χ4n) is 1.68. The first-order chi connectivity index (χ1) is 9.44. The Kier molecular flexibility index (Phi) is 4.52. The molecule has 0 saturated carbocycles. The summed E-state index contributed by atoms with van der Waals surface area (Å²) < 4.78 is 27.9. The predicted octanol–water partition coefficient (Wildman–Crippen LogP) is 2.78. The number of benzene rings is 1. The van der Waals surface area contributed by atoms with Crippen molar-refractivity contribution >= 4 is 43.8 Å². The highest BCUT2D eigenvalue weighted by Gasteiger charge is 2.23. The molecule has 0 fully saturated rings. The van der Waals surface area contributed by atoms with E-state index in [1.807, 2.05) is 18.2 Å². The molecule has 3 N–H and O–H groups in total. The van der Waals surface area contributed by atoms with E-state index < -0.39 is 9.84 Å². The number of hydrogen-bond donors (Lipinski definition) is 2. The minimum Gasteiger partial charge on any atom is -0.382 e. The quantitative estimate of drug-likeness (QED) is 0.880. The maximum absolute atomic E-state index is 12.0. The summed E-state index contributed by atoms with van der Waals surface area (Å²) in [7, 11) is -3.39. The average Bonchev–Trinajstić information content (AvgIpc) is 2.78. The molecule has 1 aromatic carbocycles. The lowest BCUT2D eigenvalue weighted by molar-refractivity contribution is 0.598. The molecule has 0 spiro atoms. The molecule has 0 radical (unpaired) electrons. The zero-order valence-corrected chi connectivity index (χ0v) is 13.1. The number of halogens is 1. The lowest BCUT2D eigenvalue weighted by Gasteiger charge is -2.07. The van der Waals surface area contributed by atoms with Crippen LogP contribution in [0.25, 0.3) is 0 Å². The van der Waals surface area contributed by atoms with Gasteiger partial charge in [0.1, 0.15) is 9.90 Å². The SMILES string of the molecule is CCS(=O)(=O)c1c(N)nsc1NCc1cccc(Cl)c1. The van der Waals surface area contributed by atoms with E-state index in [0.717, 1.165) is 17.1 Å². The summed E-state index contributed by atoms with van der Waals surface area (Å²) in [6, 6.07) is 7.33. The predicted molar refractivity (Wildman–Crippen MR) is 83.0 cm³/mol. The molecule has 0 saturated heterocycles.